The first-order valence-electron chi connectivity index (χ1n) is 9.32. The Hall–Kier alpha value is -1.03. The summed E-state index contributed by atoms with van der Waals surface area (Å²) in [6.07, 6.45) is 1.39. The molecule has 3 saturated heterocycles. The lowest BCUT2D eigenvalue weighted by Crippen LogP contribution is -2.55. The standard InChI is InChI=1S/C19H30O8/c1-11(2)7-8-19(23-10-13(20)21)14(12-9-22-17(3,4)25-12)24-16-15(19)26-18(5,6)27-16/h7-8,11-12,14-16H,9-10H2,1-6H3,(H,20,21)/b8-7+/t12-,14-,15+,16-,19-/m1/s1. The maximum Gasteiger partial charge on any atom is 0.329 e. The highest BCUT2D eigenvalue weighted by molar-refractivity contribution is 5.68. The van der Waals surface area contributed by atoms with Gasteiger partial charge in [0.2, 0.25) is 0 Å². The zero-order valence-electron chi connectivity index (χ0n) is 16.8. The predicted octanol–water partition coefficient (Wildman–Crippen LogP) is 2.07. The molecule has 5 atom stereocenters. The third-order valence-corrected chi connectivity index (χ3v) is 4.78. The molecule has 0 aliphatic carbocycles. The number of hydrogen-bond donors (Lipinski definition) is 1. The second kappa shape index (κ2) is 7.09. The molecule has 0 spiro atoms. The minimum absolute atomic E-state index is 0.225. The van der Waals surface area contributed by atoms with Gasteiger partial charge in [0, 0.05) is 0 Å². The molecule has 0 bridgehead atoms. The molecule has 8 heteroatoms. The summed E-state index contributed by atoms with van der Waals surface area (Å²) in [5, 5.41) is 9.23. The highest BCUT2D eigenvalue weighted by atomic mass is 16.9. The van der Waals surface area contributed by atoms with Crippen molar-refractivity contribution in [2.24, 2.45) is 5.92 Å². The molecular formula is C19H30O8. The van der Waals surface area contributed by atoms with Gasteiger partial charge in [-0.25, -0.2) is 4.79 Å². The van der Waals surface area contributed by atoms with Gasteiger partial charge in [-0.2, -0.15) is 0 Å². The number of hydrogen-bond acceptors (Lipinski definition) is 7. The lowest BCUT2D eigenvalue weighted by Gasteiger charge is -2.37. The van der Waals surface area contributed by atoms with Crippen molar-refractivity contribution >= 4 is 5.97 Å². The van der Waals surface area contributed by atoms with Gasteiger partial charge in [0.05, 0.1) is 6.61 Å². The average Bonchev–Trinajstić information content (AvgIpc) is 3.12. The molecule has 0 radical (unpaired) electrons. The lowest BCUT2D eigenvalue weighted by atomic mass is 9.87. The number of aliphatic carboxylic acids is 1. The fourth-order valence-electron chi connectivity index (χ4n) is 3.72. The average molecular weight is 386 g/mol. The zero-order valence-corrected chi connectivity index (χ0v) is 16.8. The van der Waals surface area contributed by atoms with Crippen molar-refractivity contribution in [2.45, 2.75) is 83.3 Å². The molecule has 3 aliphatic heterocycles. The normalized spacial score (nSPS) is 40.1. The van der Waals surface area contributed by atoms with E-state index in [4.69, 9.17) is 28.4 Å². The first kappa shape index (κ1) is 20.7. The molecule has 1 N–H and O–H groups in total. The first-order chi connectivity index (χ1) is 12.4. The van der Waals surface area contributed by atoms with E-state index in [1.807, 2.05) is 39.8 Å². The summed E-state index contributed by atoms with van der Waals surface area (Å²) < 4.78 is 35.8. The smallest absolute Gasteiger partial charge is 0.329 e. The van der Waals surface area contributed by atoms with Crippen LogP contribution >= 0.6 is 0 Å². The number of allylic oxidation sites excluding steroid dienone is 1. The molecule has 0 unspecified atom stereocenters. The van der Waals surface area contributed by atoms with E-state index in [1.165, 1.54) is 0 Å². The van der Waals surface area contributed by atoms with Crippen LogP contribution < -0.4 is 0 Å². The van der Waals surface area contributed by atoms with Crippen molar-refractivity contribution in [3.05, 3.63) is 12.2 Å². The fourth-order valence-corrected chi connectivity index (χ4v) is 3.72. The van der Waals surface area contributed by atoms with E-state index in [1.54, 1.807) is 13.8 Å². The second-order valence-corrected chi connectivity index (χ2v) is 8.49. The summed E-state index contributed by atoms with van der Waals surface area (Å²) in [4.78, 5) is 11.3. The number of ether oxygens (including phenoxy) is 6. The van der Waals surface area contributed by atoms with Crippen LogP contribution in [0.3, 0.4) is 0 Å². The van der Waals surface area contributed by atoms with E-state index >= 15 is 0 Å². The molecule has 0 aromatic carbocycles. The third kappa shape index (κ3) is 4.21. The van der Waals surface area contributed by atoms with E-state index in [0.29, 0.717) is 6.61 Å². The largest absolute Gasteiger partial charge is 0.480 e. The summed E-state index contributed by atoms with van der Waals surface area (Å²) in [7, 11) is 0. The Morgan fingerprint density at radius 3 is 2.41 bits per heavy atom. The summed E-state index contributed by atoms with van der Waals surface area (Å²) in [5.41, 5.74) is -1.17. The quantitative estimate of drug-likeness (QED) is 0.694. The van der Waals surface area contributed by atoms with Gasteiger partial charge in [-0.1, -0.05) is 26.0 Å². The van der Waals surface area contributed by atoms with Crippen LogP contribution in [0, 0.1) is 5.92 Å². The van der Waals surface area contributed by atoms with E-state index < -0.39 is 54.4 Å². The van der Waals surface area contributed by atoms with Crippen molar-refractivity contribution in [3.8, 4) is 0 Å². The van der Waals surface area contributed by atoms with Gasteiger partial charge >= 0.3 is 5.97 Å². The van der Waals surface area contributed by atoms with E-state index in [2.05, 4.69) is 0 Å². The van der Waals surface area contributed by atoms with Gasteiger partial charge in [-0.15, -0.1) is 0 Å². The van der Waals surface area contributed by atoms with Crippen LogP contribution in [-0.4, -0.2) is 66.1 Å². The molecule has 0 saturated carbocycles. The van der Waals surface area contributed by atoms with E-state index in [-0.39, 0.29) is 5.92 Å². The first-order valence-corrected chi connectivity index (χ1v) is 9.32. The van der Waals surface area contributed by atoms with Gasteiger partial charge < -0.3 is 33.5 Å². The predicted molar refractivity (Wildman–Crippen MR) is 93.9 cm³/mol. The summed E-state index contributed by atoms with van der Waals surface area (Å²) in [5.74, 6) is -2.47. The Balaban J connectivity index is 1.98. The minimum atomic E-state index is -1.17. The molecule has 3 heterocycles. The lowest BCUT2D eigenvalue weighted by molar-refractivity contribution is -0.247. The van der Waals surface area contributed by atoms with Gasteiger partial charge in [0.1, 0.15) is 30.5 Å². The summed E-state index contributed by atoms with van der Waals surface area (Å²) >= 11 is 0. The molecule has 8 nitrogen and oxygen atoms in total. The van der Waals surface area contributed by atoms with Gasteiger partial charge in [-0.3, -0.25) is 0 Å². The fraction of sp³-hybridized carbons (Fsp3) is 0.842. The van der Waals surface area contributed by atoms with Crippen molar-refractivity contribution in [1.29, 1.82) is 0 Å². The van der Waals surface area contributed by atoms with Crippen LogP contribution in [0.15, 0.2) is 12.2 Å². The Bertz CT molecular complexity index is 599. The monoisotopic (exact) mass is 386 g/mol. The number of carbonyl (C=O) groups is 1. The molecule has 0 aromatic rings. The van der Waals surface area contributed by atoms with Crippen LogP contribution in [0.4, 0.5) is 0 Å². The molecule has 3 fully saturated rings. The van der Waals surface area contributed by atoms with Crippen molar-refractivity contribution < 1.29 is 38.3 Å². The molecule has 3 rings (SSSR count). The van der Waals surface area contributed by atoms with Gasteiger partial charge in [0.25, 0.3) is 0 Å². The zero-order chi connectivity index (χ0) is 20.0. The van der Waals surface area contributed by atoms with Gasteiger partial charge in [-0.05, 0) is 33.6 Å². The highest BCUT2D eigenvalue weighted by Crippen LogP contribution is 2.48. The summed E-state index contributed by atoms with van der Waals surface area (Å²) in [6.45, 7) is 11.1. The Kier molecular flexibility index (Phi) is 5.44. The Morgan fingerprint density at radius 2 is 1.85 bits per heavy atom. The van der Waals surface area contributed by atoms with Crippen molar-refractivity contribution in [1.82, 2.24) is 0 Å². The Morgan fingerprint density at radius 1 is 1.15 bits per heavy atom. The molecule has 154 valence electrons. The van der Waals surface area contributed by atoms with Crippen molar-refractivity contribution in [2.75, 3.05) is 13.2 Å². The van der Waals surface area contributed by atoms with Crippen LogP contribution in [0.1, 0.15) is 41.5 Å². The highest BCUT2D eigenvalue weighted by Gasteiger charge is 2.66. The maximum absolute atomic E-state index is 11.3. The van der Waals surface area contributed by atoms with Crippen LogP contribution in [-0.2, 0) is 33.2 Å². The molecular weight excluding hydrogens is 356 g/mol. The topological polar surface area (TPSA) is 92.7 Å². The SMILES string of the molecule is CC(C)/C=C/[C@@]1(OCC(=O)O)[C@@H]([C@H]2COC(C)(C)O2)O[C@@H]2OC(C)(C)O[C@@H]21. The van der Waals surface area contributed by atoms with Crippen LogP contribution in [0.2, 0.25) is 0 Å². The summed E-state index contributed by atoms with van der Waals surface area (Å²) in [6, 6.07) is 0. The van der Waals surface area contributed by atoms with E-state index in [0.717, 1.165) is 0 Å². The number of rotatable bonds is 6. The van der Waals surface area contributed by atoms with Crippen molar-refractivity contribution in [3.63, 3.8) is 0 Å². The number of fused-ring (bicyclic) bond motifs is 1. The van der Waals surface area contributed by atoms with Crippen LogP contribution in [0.5, 0.6) is 0 Å². The number of carboxylic acid groups (broad SMARTS) is 1. The molecule has 0 aromatic heterocycles. The number of carboxylic acids is 1. The maximum atomic E-state index is 11.3. The second-order valence-electron chi connectivity index (χ2n) is 8.49. The van der Waals surface area contributed by atoms with Gasteiger partial charge in [0.15, 0.2) is 17.9 Å². The molecule has 27 heavy (non-hydrogen) atoms. The Labute approximate surface area is 159 Å². The molecule has 3 aliphatic rings. The third-order valence-electron chi connectivity index (χ3n) is 4.78. The van der Waals surface area contributed by atoms with Crippen LogP contribution in [0.25, 0.3) is 0 Å². The van der Waals surface area contributed by atoms with E-state index in [9.17, 15) is 9.90 Å². The molecule has 0 amide bonds. The minimum Gasteiger partial charge on any atom is -0.480 e.